The molecule has 22 heavy (non-hydrogen) atoms. The molecule has 0 unspecified atom stereocenters. The summed E-state index contributed by atoms with van der Waals surface area (Å²) in [5, 5.41) is 4.89. The maximum absolute atomic E-state index is 12.7. The van der Waals surface area contributed by atoms with E-state index in [4.69, 9.17) is 4.74 Å². The zero-order valence-electron chi connectivity index (χ0n) is 11.9. The van der Waals surface area contributed by atoms with Gasteiger partial charge in [-0.15, -0.1) is 0 Å². The average Bonchev–Trinajstić information content (AvgIpc) is 2.55. The molecule has 0 atom stereocenters. The van der Waals surface area contributed by atoms with E-state index in [1.165, 1.54) is 24.3 Å². The van der Waals surface area contributed by atoms with Gasteiger partial charge in [0.25, 0.3) is 0 Å². The number of carbonyl (C=O) groups excluding carboxylic acids is 2. The Morgan fingerprint density at radius 2 is 1.64 bits per heavy atom. The second kappa shape index (κ2) is 7.21. The van der Waals surface area contributed by atoms with Gasteiger partial charge in [0.15, 0.2) is 0 Å². The van der Waals surface area contributed by atoms with Crippen LogP contribution in [0.1, 0.15) is 5.56 Å². The number of benzene rings is 2. The minimum Gasteiger partial charge on any atom is -0.497 e. The SMILES string of the molecule is COc1ccc(CNC(=O)C(=O)Nc2ccc(F)cc2)cc1. The van der Waals surface area contributed by atoms with Crippen molar-refractivity contribution in [1.29, 1.82) is 0 Å². The fourth-order valence-corrected chi connectivity index (χ4v) is 1.73. The van der Waals surface area contributed by atoms with Gasteiger partial charge in [-0.25, -0.2) is 4.39 Å². The summed E-state index contributed by atoms with van der Waals surface area (Å²) in [6, 6.07) is 12.3. The third kappa shape index (κ3) is 4.31. The van der Waals surface area contributed by atoms with Gasteiger partial charge >= 0.3 is 11.8 Å². The van der Waals surface area contributed by atoms with Crippen LogP contribution >= 0.6 is 0 Å². The lowest BCUT2D eigenvalue weighted by atomic mass is 10.2. The highest BCUT2D eigenvalue weighted by Gasteiger charge is 2.13. The van der Waals surface area contributed by atoms with Crippen LogP contribution in [-0.2, 0) is 16.1 Å². The van der Waals surface area contributed by atoms with E-state index in [1.54, 1.807) is 31.4 Å². The van der Waals surface area contributed by atoms with E-state index in [9.17, 15) is 14.0 Å². The van der Waals surface area contributed by atoms with Gasteiger partial charge < -0.3 is 15.4 Å². The number of rotatable bonds is 4. The average molecular weight is 302 g/mol. The molecule has 0 aromatic heterocycles. The zero-order chi connectivity index (χ0) is 15.9. The molecular formula is C16H15FN2O3. The van der Waals surface area contributed by atoms with Gasteiger partial charge in [0.1, 0.15) is 11.6 Å². The van der Waals surface area contributed by atoms with E-state index < -0.39 is 17.6 Å². The standard InChI is InChI=1S/C16H15FN2O3/c1-22-14-8-2-11(3-9-14)10-18-15(20)16(21)19-13-6-4-12(17)5-7-13/h2-9H,10H2,1H3,(H,18,20)(H,19,21). The Balaban J connectivity index is 1.85. The van der Waals surface area contributed by atoms with Gasteiger partial charge in [-0.05, 0) is 42.0 Å². The van der Waals surface area contributed by atoms with Crippen molar-refractivity contribution in [2.45, 2.75) is 6.54 Å². The number of nitrogens with one attached hydrogen (secondary N) is 2. The molecule has 6 heteroatoms. The molecule has 0 bridgehead atoms. The summed E-state index contributed by atoms with van der Waals surface area (Å²) in [5.74, 6) is -1.27. The summed E-state index contributed by atoms with van der Waals surface area (Å²) < 4.78 is 17.8. The van der Waals surface area contributed by atoms with Crippen molar-refractivity contribution in [3.63, 3.8) is 0 Å². The molecule has 0 saturated heterocycles. The largest absolute Gasteiger partial charge is 0.497 e. The maximum atomic E-state index is 12.7. The Morgan fingerprint density at radius 1 is 1.00 bits per heavy atom. The molecule has 0 fully saturated rings. The minimum atomic E-state index is -0.805. The molecule has 0 heterocycles. The van der Waals surface area contributed by atoms with Crippen molar-refractivity contribution in [2.24, 2.45) is 0 Å². The van der Waals surface area contributed by atoms with Crippen LogP contribution in [-0.4, -0.2) is 18.9 Å². The van der Waals surface area contributed by atoms with E-state index in [1.807, 2.05) is 0 Å². The number of halogens is 1. The fourth-order valence-electron chi connectivity index (χ4n) is 1.73. The van der Waals surface area contributed by atoms with Gasteiger partial charge in [0.2, 0.25) is 0 Å². The van der Waals surface area contributed by atoms with Crippen LogP contribution in [0.5, 0.6) is 5.75 Å². The molecule has 0 aliphatic rings. The molecular weight excluding hydrogens is 287 g/mol. The Bertz CT molecular complexity index is 654. The molecule has 2 N–H and O–H groups in total. The monoisotopic (exact) mass is 302 g/mol. The van der Waals surface area contributed by atoms with Crippen molar-refractivity contribution in [1.82, 2.24) is 5.32 Å². The number of methoxy groups -OCH3 is 1. The van der Waals surface area contributed by atoms with Gasteiger partial charge in [0.05, 0.1) is 7.11 Å². The van der Waals surface area contributed by atoms with Crippen LogP contribution in [0.4, 0.5) is 10.1 Å². The molecule has 2 aromatic rings. The first-order valence-corrected chi connectivity index (χ1v) is 6.56. The highest BCUT2D eigenvalue weighted by Crippen LogP contribution is 2.11. The number of amides is 2. The summed E-state index contributed by atoms with van der Waals surface area (Å²) in [6.45, 7) is 0.222. The zero-order valence-corrected chi connectivity index (χ0v) is 11.9. The second-order valence-electron chi connectivity index (χ2n) is 4.49. The Morgan fingerprint density at radius 3 is 2.23 bits per heavy atom. The van der Waals surface area contributed by atoms with E-state index in [0.29, 0.717) is 11.4 Å². The van der Waals surface area contributed by atoms with Gasteiger partial charge in [-0.2, -0.15) is 0 Å². The summed E-state index contributed by atoms with van der Waals surface area (Å²) in [6.07, 6.45) is 0. The van der Waals surface area contributed by atoms with Gasteiger partial charge in [-0.1, -0.05) is 12.1 Å². The van der Waals surface area contributed by atoms with Crippen molar-refractivity contribution in [2.75, 3.05) is 12.4 Å². The van der Waals surface area contributed by atoms with Gasteiger partial charge in [0, 0.05) is 12.2 Å². The van der Waals surface area contributed by atoms with E-state index in [0.717, 1.165) is 5.56 Å². The van der Waals surface area contributed by atoms with Crippen LogP contribution < -0.4 is 15.4 Å². The minimum absolute atomic E-state index is 0.222. The maximum Gasteiger partial charge on any atom is 0.313 e. The van der Waals surface area contributed by atoms with E-state index >= 15 is 0 Å². The molecule has 0 radical (unpaired) electrons. The number of carbonyl (C=O) groups is 2. The second-order valence-corrected chi connectivity index (χ2v) is 4.49. The van der Waals surface area contributed by atoms with Crippen molar-refractivity contribution >= 4 is 17.5 Å². The summed E-state index contributed by atoms with van der Waals surface area (Å²) >= 11 is 0. The highest BCUT2D eigenvalue weighted by atomic mass is 19.1. The molecule has 2 aromatic carbocycles. The predicted molar refractivity (Wildman–Crippen MR) is 79.9 cm³/mol. The number of hydrogen-bond donors (Lipinski definition) is 2. The highest BCUT2D eigenvalue weighted by molar-refractivity contribution is 6.39. The molecule has 0 spiro atoms. The quantitative estimate of drug-likeness (QED) is 0.850. The molecule has 0 aliphatic carbocycles. The normalized spacial score (nSPS) is 9.91. The fraction of sp³-hybridized carbons (Fsp3) is 0.125. The lowest BCUT2D eigenvalue weighted by molar-refractivity contribution is -0.136. The van der Waals surface area contributed by atoms with Crippen LogP contribution in [0.25, 0.3) is 0 Å². The summed E-state index contributed by atoms with van der Waals surface area (Å²) in [4.78, 5) is 23.4. The summed E-state index contributed by atoms with van der Waals surface area (Å²) in [5.41, 5.74) is 1.19. The van der Waals surface area contributed by atoms with E-state index in [-0.39, 0.29) is 6.54 Å². The molecule has 2 amide bonds. The Hall–Kier alpha value is -2.89. The van der Waals surface area contributed by atoms with Crippen molar-refractivity contribution in [3.05, 3.63) is 59.9 Å². The van der Waals surface area contributed by atoms with Crippen LogP contribution in [0.3, 0.4) is 0 Å². The van der Waals surface area contributed by atoms with Crippen molar-refractivity contribution in [3.8, 4) is 5.75 Å². The van der Waals surface area contributed by atoms with Crippen LogP contribution in [0.15, 0.2) is 48.5 Å². The molecule has 5 nitrogen and oxygen atoms in total. The Labute approximate surface area is 127 Å². The smallest absolute Gasteiger partial charge is 0.313 e. The molecule has 114 valence electrons. The number of hydrogen-bond acceptors (Lipinski definition) is 3. The molecule has 0 saturated carbocycles. The van der Waals surface area contributed by atoms with Crippen LogP contribution in [0.2, 0.25) is 0 Å². The third-order valence-electron chi connectivity index (χ3n) is 2.92. The molecule has 2 rings (SSSR count). The lowest BCUT2D eigenvalue weighted by Crippen LogP contribution is -2.34. The van der Waals surface area contributed by atoms with Crippen molar-refractivity contribution < 1.29 is 18.7 Å². The topological polar surface area (TPSA) is 67.4 Å². The first-order valence-electron chi connectivity index (χ1n) is 6.56. The lowest BCUT2D eigenvalue weighted by Gasteiger charge is -2.07. The predicted octanol–water partition coefficient (Wildman–Crippen LogP) is 2.09. The summed E-state index contributed by atoms with van der Waals surface area (Å²) in [7, 11) is 1.57. The number of anilines is 1. The Kier molecular flexibility index (Phi) is 5.08. The van der Waals surface area contributed by atoms with E-state index in [2.05, 4.69) is 10.6 Å². The number of ether oxygens (including phenoxy) is 1. The van der Waals surface area contributed by atoms with Gasteiger partial charge in [-0.3, -0.25) is 9.59 Å². The van der Waals surface area contributed by atoms with Crippen LogP contribution in [0, 0.1) is 5.82 Å². The first-order chi connectivity index (χ1) is 10.6. The third-order valence-corrected chi connectivity index (χ3v) is 2.92. The first kappa shape index (κ1) is 15.5. The molecule has 0 aliphatic heterocycles.